The summed E-state index contributed by atoms with van der Waals surface area (Å²) in [7, 11) is 0. The number of aryl methyl sites for hydroxylation is 4. The van der Waals surface area contributed by atoms with Crippen molar-refractivity contribution in [1.82, 2.24) is 4.90 Å². The van der Waals surface area contributed by atoms with Crippen LogP contribution in [0.5, 0.6) is 11.5 Å². The molecule has 0 aliphatic carbocycles. The summed E-state index contributed by atoms with van der Waals surface area (Å²) in [6.07, 6.45) is 4.86. The predicted molar refractivity (Wildman–Crippen MR) is 165 cm³/mol. The zero-order chi connectivity index (χ0) is 29.5. The van der Waals surface area contributed by atoms with Gasteiger partial charge in [-0.3, -0.25) is 9.69 Å². The highest BCUT2D eigenvalue weighted by Gasteiger charge is 2.36. The number of halogens is 1. The fraction of sp³-hybridized carbons (Fsp3) is 0.457. The molecular weight excluding hydrogens is 515 g/mol. The lowest BCUT2D eigenvalue weighted by Crippen LogP contribution is -2.33. The Morgan fingerprint density at radius 2 is 1.59 bits per heavy atom. The first-order chi connectivity index (χ1) is 19.8. The summed E-state index contributed by atoms with van der Waals surface area (Å²) in [5.74, 6) is 1.55. The molecule has 2 heterocycles. The number of ether oxygens (including phenoxy) is 2. The molecule has 2 aliphatic rings. The average molecular weight is 561 g/mol. The number of nitrogens with zero attached hydrogens (tertiary/aromatic N) is 1. The number of rotatable bonds is 8. The maximum atomic E-state index is 14.1. The summed E-state index contributed by atoms with van der Waals surface area (Å²) in [6.45, 7) is 13.7. The molecule has 41 heavy (non-hydrogen) atoms. The zero-order valence-electron chi connectivity index (χ0n) is 25.5. The molecule has 0 radical (unpaired) electrons. The maximum Gasteiger partial charge on any atom is 0.238 e. The number of amides is 1. The third-order valence-electron chi connectivity index (χ3n) is 8.16. The van der Waals surface area contributed by atoms with Gasteiger partial charge >= 0.3 is 0 Å². The largest absolute Gasteiger partial charge is 0.454 e. The van der Waals surface area contributed by atoms with E-state index in [0.717, 1.165) is 46.8 Å². The average Bonchev–Trinajstić information content (AvgIpc) is 3.62. The summed E-state index contributed by atoms with van der Waals surface area (Å²) in [6, 6.07) is 16.0. The highest BCUT2D eigenvalue weighted by molar-refractivity contribution is 5.94. The number of carbonyl (C=O) groups excluding carboxylic acids is 1. The molecule has 1 N–H and O–H groups in total. The van der Waals surface area contributed by atoms with Gasteiger partial charge in [-0.05, 0) is 85.0 Å². The first-order valence-corrected chi connectivity index (χ1v) is 15.1. The summed E-state index contributed by atoms with van der Waals surface area (Å²) in [5, 5.41) is 3.13. The Morgan fingerprint density at radius 3 is 2.20 bits per heavy atom. The Balaban J connectivity index is 0.000000909. The molecule has 220 valence electrons. The van der Waals surface area contributed by atoms with E-state index in [0.29, 0.717) is 12.8 Å². The monoisotopic (exact) mass is 560 g/mol. The van der Waals surface area contributed by atoms with Crippen LogP contribution in [0, 0.1) is 19.7 Å². The predicted octanol–water partition coefficient (Wildman–Crippen LogP) is 8.27. The first-order valence-electron chi connectivity index (χ1n) is 15.1. The molecule has 3 aromatic rings. The molecule has 0 aromatic heterocycles. The smallest absolute Gasteiger partial charge is 0.238 e. The van der Waals surface area contributed by atoms with E-state index in [1.165, 1.54) is 41.7 Å². The molecule has 1 saturated heterocycles. The van der Waals surface area contributed by atoms with Gasteiger partial charge in [0.25, 0.3) is 0 Å². The molecule has 1 amide bonds. The highest BCUT2D eigenvalue weighted by Crippen LogP contribution is 2.44. The molecule has 5 rings (SSSR count). The van der Waals surface area contributed by atoms with Crippen LogP contribution in [0.4, 0.5) is 10.1 Å². The van der Waals surface area contributed by atoms with Crippen molar-refractivity contribution in [2.24, 2.45) is 0 Å². The van der Waals surface area contributed by atoms with E-state index in [1.807, 2.05) is 20.8 Å². The molecule has 2 atom stereocenters. The van der Waals surface area contributed by atoms with Crippen LogP contribution in [0.25, 0.3) is 0 Å². The number of nitrogens with one attached hydrogen (secondary N) is 1. The van der Waals surface area contributed by atoms with E-state index >= 15 is 0 Å². The van der Waals surface area contributed by atoms with Crippen LogP contribution < -0.4 is 14.8 Å². The quantitative estimate of drug-likeness (QED) is 0.301. The molecule has 6 heteroatoms. The SMILES string of the molecule is CCCC.CCc1cc(F)cc(CC)c1NC(=O)CN1CC(c2cc(C)c3c(c2)OCO3)C[C@@H]1c1ccc(C)cc1. The van der Waals surface area contributed by atoms with Gasteiger partial charge in [0, 0.05) is 18.3 Å². The van der Waals surface area contributed by atoms with Crippen LogP contribution in [0.3, 0.4) is 0 Å². The van der Waals surface area contributed by atoms with Gasteiger partial charge in [-0.1, -0.05) is 76.4 Å². The standard InChI is InChI=1S/C31H35FN2O3.C4H10/c1-5-21-12-26(32)13-22(6-2)30(21)33-29(35)17-34-16-25(14-27(34)23-9-7-19(3)8-10-23)24-11-20(4)31-28(15-24)36-18-37-31;1-3-4-2/h7-13,15,25,27H,5-6,14,16-18H2,1-4H3,(H,33,35);3-4H2,1-2H3/t25?,27-;/m1./s1. The molecule has 1 fully saturated rings. The molecule has 1 unspecified atom stereocenters. The normalized spacial score (nSPS) is 17.7. The van der Waals surface area contributed by atoms with Gasteiger partial charge < -0.3 is 14.8 Å². The van der Waals surface area contributed by atoms with Gasteiger partial charge in [0.2, 0.25) is 12.7 Å². The molecule has 0 saturated carbocycles. The third kappa shape index (κ3) is 7.28. The van der Waals surface area contributed by atoms with Crippen LogP contribution in [0.1, 0.15) is 92.3 Å². The number of anilines is 1. The second kappa shape index (κ2) is 14.0. The molecule has 3 aromatic carbocycles. The molecule has 2 aliphatic heterocycles. The van der Waals surface area contributed by atoms with Crippen molar-refractivity contribution >= 4 is 11.6 Å². The van der Waals surface area contributed by atoms with Crippen molar-refractivity contribution < 1.29 is 18.7 Å². The van der Waals surface area contributed by atoms with Gasteiger partial charge in [-0.25, -0.2) is 4.39 Å². The minimum absolute atomic E-state index is 0.0735. The lowest BCUT2D eigenvalue weighted by Gasteiger charge is -2.25. The number of carbonyl (C=O) groups is 1. The highest BCUT2D eigenvalue weighted by atomic mass is 19.1. The lowest BCUT2D eigenvalue weighted by atomic mass is 9.92. The minimum atomic E-state index is -0.257. The number of likely N-dealkylation sites (tertiary alicyclic amines) is 1. The van der Waals surface area contributed by atoms with Crippen molar-refractivity contribution in [2.45, 2.75) is 85.6 Å². The van der Waals surface area contributed by atoms with Gasteiger partial charge in [0.1, 0.15) is 5.82 Å². The van der Waals surface area contributed by atoms with Crippen LogP contribution in [-0.4, -0.2) is 30.7 Å². The Hall–Kier alpha value is -3.38. The van der Waals surface area contributed by atoms with E-state index in [4.69, 9.17) is 9.47 Å². The molecule has 0 bridgehead atoms. The van der Waals surface area contributed by atoms with Crippen LogP contribution in [0.2, 0.25) is 0 Å². The van der Waals surface area contributed by atoms with Crippen molar-refractivity contribution in [3.05, 3.63) is 87.7 Å². The van der Waals surface area contributed by atoms with Gasteiger partial charge in [-0.15, -0.1) is 0 Å². The Kier molecular flexibility index (Phi) is 10.4. The number of unbranched alkanes of at least 4 members (excludes halogenated alkanes) is 1. The van der Waals surface area contributed by atoms with Crippen molar-refractivity contribution in [3.63, 3.8) is 0 Å². The molecular formula is C35H45FN2O3. The number of hydrogen-bond donors (Lipinski definition) is 1. The van der Waals surface area contributed by atoms with Crippen LogP contribution >= 0.6 is 0 Å². The van der Waals surface area contributed by atoms with Gasteiger partial charge in [0.05, 0.1) is 6.54 Å². The second-order valence-corrected chi connectivity index (χ2v) is 11.2. The van der Waals surface area contributed by atoms with Gasteiger partial charge in [-0.2, -0.15) is 0 Å². The topological polar surface area (TPSA) is 50.8 Å². The second-order valence-electron chi connectivity index (χ2n) is 11.2. The number of fused-ring (bicyclic) bond motifs is 1. The summed E-state index contributed by atoms with van der Waals surface area (Å²) in [4.78, 5) is 15.7. The Bertz CT molecular complexity index is 1310. The third-order valence-corrected chi connectivity index (χ3v) is 8.16. The van der Waals surface area contributed by atoms with Crippen LogP contribution in [0.15, 0.2) is 48.5 Å². The fourth-order valence-electron chi connectivity index (χ4n) is 5.71. The van der Waals surface area contributed by atoms with E-state index in [1.54, 1.807) is 0 Å². The summed E-state index contributed by atoms with van der Waals surface area (Å²) >= 11 is 0. The maximum absolute atomic E-state index is 14.1. The molecule has 5 nitrogen and oxygen atoms in total. The molecule has 0 spiro atoms. The van der Waals surface area contributed by atoms with Crippen LogP contribution in [-0.2, 0) is 17.6 Å². The first kappa shape index (κ1) is 30.6. The zero-order valence-corrected chi connectivity index (χ0v) is 25.5. The van der Waals surface area contributed by atoms with Crippen molar-refractivity contribution in [3.8, 4) is 11.5 Å². The van der Waals surface area contributed by atoms with E-state index in [2.05, 4.69) is 67.4 Å². The summed E-state index contributed by atoms with van der Waals surface area (Å²) < 4.78 is 25.4. The minimum Gasteiger partial charge on any atom is -0.454 e. The van der Waals surface area contributed by atoms with Crippen molar-refractivity contribution in [1.29, 1.82) is 0 Å². The van der Waals surface area contributed by atoms with E-state index in [9.17, 15) is 9.18 Å². The fourth-order valence-corrected chi connectivity index (χ4v) is 5.71. The van der Waals surface area contributed by atoms with Gasteiger partial charge in [0.15, 0.2) is 11.5 Å². The Morgan fingerprint density at radius 1 is 0.927 bits per heavy atom. The lowest BCUT2D eigenvalue weighted by molar-refractivity contribution is -0.117. The number of hydrogen-bond acceptors (Lipinski definition) is 4. The number of benzene rings is 3. The van der Waals surface area contributed by atoms with E-state index in [-0.39, 0.29) is 37.0 Å². The van der Waals surface area contributed by atoms with E-state index < -0.39 is 0 Å². The van der Waals surface area contributed by atoms with Crippen molar-refractivity contribution in [2.75, 3.05) is 25.2 Å². The Labute approximate surface area is 245 Å². The summed E-state index contributed by atoms with van der Waals surface area (Å²) in [5.41, 5.74) is 7.12.